The van der Waals surface area contributed by atoms with E-state index in [1.54, 1.807) is 0 Å². The Morgan fingerprint density at radius 3 is 2.92 bits per heavy atom. The van der Waals surface area contributed by atoms with E-state index in [1.807, 2.05) is 31.2 Å². The largest absolute Gasteiger partial charge is 0.384 e. The summed E-state index contributed by atoms with van der Waals surface area (Å²) in [5.41, 5.74) is 6.67. The standard InChI is InChI=1S/C9H11BrN2/c1-2-12-9(11)7-4-3-5-8(10)6-7/h3-6H,2H2,1H3,(H2,11,12). The van der Waals surface area contributed by atoms with Crippen LogP contribution >= 0.6 is 15.9 Å². The second-order valence-corrected chi connectivity index (χ2v) is 3.29. The highest BCUT2D eigenvalue weighted by Gasteiger charge is 1.96. The monoisotopic (exact) mass is 226 g/mol. The Bertz CT molecular complexity index is 294. The molecule has 0 heterocycles. The lowest BCUT2D eigenvalue weighted by molar-refractivity contribution is 1.12. The van der Waals surface area contributed by atoms with Crippen molar-refractivity contribution in [3.8, 4) is 0 Å². The average Bonchev–Trinajstić information content (AvgIpc) is 2.05. The van der Waals surface area contributed by atoms with E-state index in [9.17, 15) is 0 Å². The van der Waals surface area contributed by atoms with Gasteiger partial charge in [-0.1, -0.05) is 28.1 Å². The highest BCUT2D eigenvalue weighted by molar-refractivity contribution is 9.10. The molecule has 0 saturated carbocycles. The van der Waals surface area contributed by atoms with Crippen molar-refractivity contribution in [2.75, 3.05) is 6.54 Å². The number of aliphatic imine (C=N–C) groups is 1. The number of benzene rings is 1. The Labute approximate surface area is 80.6 Å². The van der Waals surface area contributed by atoms with Gasteiger partial charge < -0.3 is 5.73 Å². The van der Waals surface area contributed by atoms with Crippen LogP contribution in [-0.4, -0.2) is 12.4 Å². The zero-order valence-electron chi connectivity index (χ0n) is 6.92. The van der Waals surface area contributed by atoms with E-state index in [1.165, 1.54) is 0 Å². The van der Waals surface area contributed by atoms with E-state index in [2.05, 4.69) is 20.9 Å². The summed E-state index contributed by atoms with van der Waals surface area (Å²) in [6.07, 6.45) is 0. The number of rotatable bonds is 2. The molecule has 0 aliphatic carbocycles. The number of hydrogen-bond acceptors (Lipinski definition) is 1. The van der Waals surface area contributed by atoms with Crippen molar-refractivity contribution in [1.29, 1.82) is 0 Å². The molecule has 2 nitrogen and oxygen atoms in total. The lowest BCUT2D eigenvalue weighted by atomic mass is 10.2. The van der Waals surface area contributed by atoms with E-state index < -0.39 is 0 Å². The van der Waals surface area contributed by atoms with Gasteiger partial charge in [0.05, 0.1) is 0 Å². The van der Waals surface area contributed by atoms with Gasteiger partial charge in [-0.15, -0.1) is 0 Å². The van der Waals surface area contributed by atoms with Crippen molar-refractivity contribution in [3.63, 3.8) is 0 Å². The van der Waals surface area contributed by atoms with Gasteiger partial charge in [0.2, 0.25) is 0 Å². The molecule has 64 valence electrons. The lowest BCUT2D eigenvalue weighted by Gasteiger charge is -1.99. The summed E-state index contributed by atoms with van der Waals surface area (Å²) in [5, 5.41) is 0. The van der Waals surface area contributed by atoms with Crippen molar-refractivity contribution in [2.24, 2.45) is 10.7 Å². The van der Waals surface area contributed by atoms with Gasteiger partial charge in [0.1, 0.15) is 5.84 Å². The first-order valence-corrected chi connectivity index (χ1v) is 4.59. The summed E-state index contributed by atoms with van der Waals surface area (Å²) in [5.74, 6) is 0.596. The Balaban J connectivity index is 2.95. The van der Waals surface area contributed by atoms with Gasteiger partial charge >= 0.3 is 0 Å². The highest BCUT2D eigenvalue weighted by Crippen LogP contribution is 2.11. The fourth-order valence-electron chi connectivity index (χ4n) is 0.909. The van der Waals surface area contributed by atoms with Crippen molar-refractivity contribution < 1.29 is 0 Å². The van der Waals surface area contributed by atoms with Gasteiger partial charge in [-0.3, -0.25) is 4.99 Å². The van der Waals surface area contributed by atoms with Gasteiger partial charge in [-0.2, -0.15) is 0 Å². The Kier molecular flexibility index (Phi) is 3.29. The predicted octanol–water partition coefficient (Wildman–Crippen LogP) is 2.17. The molecule has 0 aromatic heterocycles. The predicted molar refractivity (Wildman–Crippen MR) is 55.4 cm³/mol. The van der Waals surface area contributed by atoms with Crippen LogP contribution in [0, 0.1) is 0 Å². The smallest absolute Gasteiger partial charge is 0.125 e. The molecule has 0 aliphatic heterocycles. The third kappa shape index (κ3) is 2.34. The molecule has 0 unspecified atom stereocenters. The quantitative estimate of drug-likeness (QED) is 0.610. The molecule has 1 aromatic carbocycles. The van der Waals surface area contributed by atoms with Crippen LogP contribution in [0.3, 0.4) is 0 Å². The zero-order chi connectivity index (χ0) is 8.97. The molecule has 0 bridgehead atoms. The number of nitrogens with two attached hydrogens (primary N) is 1. The minimum absolute atomic E-state index is 0.596. The van der Waals surface area contributed by atoms with Crippen molar-refractivity contribution in [2.45, 2.75) is 6.92 Å². The fraction of sp³-hybridized carbons (Fsp3) is 0.222. The van der Waals surface area contributed by atoms with Crippen LogP contribution in [0.15, 0.2) is 33.7 Å². The molecular formula is C9H11BrN2. The molecule has 2 N–H and O–H groups in total. The summed E-state index contributed by atoms with van der Waals surface area (Å²) in [6.45, 7) is 2.68. The van der Waals surface area contributed by atoms with Crippen LogP contribution in [0.5, 0.6) is 0 Å². The van der Waals surface area contributed by atoms with Crippen molar-refractivity contribution in [1.82, 2.24) is 0 Å². The van der Waals surface area contributed by atoms with Crippen LogP contribution in [0.25, 0.3) is 0 Å². The van der Waals surface area contributed by atoms with Crippen molar-refractivity contribution in [3.05, 3.63) is 34.3 Å². The van der Waals surface area contributed by atoms with E-state index in [0.717, 1.165) is 16.6 Å². The van der Waals surface area contributed by atoms with E-state index in [-0.39, 0.29) is 0 Å². The second-order valence-electron chi connectivity index (χ2n) is 2.37. The van der Waals surface area contributed by atoms with Gasteiger partial charge in [0.25, 0.3) is 0 Å². The summed E-state index contributed by atoms with van der Waals surface area (Å²) >= 11 is 3.37. The maximum absolute atomic E-state index is 5.70. The number of amidine groups is 1. The molecule has 1 aromatic rings. The Morgan fingerprint density at radius 2 is 2.33 bits per heavy atom. The normalized spacial score (nSPS) is 11.7. The number of nitrogens with zero attached hydrogens (tertiary/aromatic N) is 1. The molecule has 0 atom stereocenters. The lowest BCUT2D eigenvalue weighted by Crippen LogP contribution is -2.13. The summed E-state index contributed by atoms with van der Waals surface area (Å²) < 4.78 is 1.02. The van der Waals surface area contributed by atoms with Gasteiger partial charge in [0, 0.05) is 16.6 Å². The zero-order valence-corrected chi connectivity index (χ0v) is 8.51. The van der Waals surface area contributed by atoms with E-state index in [4.69, 9.17) is 5.73 Å². The highest BCUT2D eigenvalue weighted by atomic mass is 79.9. The fourth-order valence-corrected chi connectivity index (χ4v) is 1.31. The Morgan fingerprint density at radius 1 is 1.58 bits per heavy atom. The molecule has 0 spiro atoms. The first-order chi connectivity index (χ1) is 5.74. The summed E-state index contributed by atoms with van der Waals surface area (Å²) in [4.78, 5) is 4.11. The molecule has 0 saturated heterocycles. The molecule has 0 fully saturated rings. The molecule has 3 heteroatoms. The molecule has 0 aliphatic rings. The maximum atomic E-state index is 5.70. The molecule has 0 amide bonds. The number of halogens is 1. The summed E-state index contributed by atoms with van der Waals surface area (Å²) in [6, 6.07) is 7.80. The van der Waals surface area contributed by atoms with Crippen LogP contribution in [0.1, 0.15) is 12.5 Å². The third-order valence-electron chi connectivity index (χ3n) is 1.45. The van der Waals surface area contributed by atoms with E-state index >= 15 is 0 Å². The van der Waals surface area contributed by atoms with Gasteiger partial charge in [0.15, 0.2) is 0 Å². The molecule has 12 heavy (non-hydrogen) atoms. The minimum atomic E-state index is 0.596. The maximum Gasteiger partial charge on any atom is 0.125 e. The minimum Gasteiger partial charge on any atom is -0.384 e. The summed E-state index contributed by atoms with van der Waals surface area (Å²) in [7, 11) is 0. The first-order valence-electron chi connectivity index (χ1n) is 3.80. The van der Waals surface area contributed by atoms with Gasteiger partial charge in [-0.25, -0.2) is 0 Å². The molecule has 1 rings (SSSR count). The SMILES string of the molecule is CCN=C(N)c1cccc(Br)c1. The molecular weight excluding hydrogens is 216 g/mol. The second kappa shape index (κ2) is 4.26. The first kappa shape index (κ1) is 9.26. The topological polar surface area (TPSA) is 38.4 Å². The van der Waals surface area contributed by atoms with Crippen LogP contribution in [-0.2, 0) is 0 Å². The Hall–Kier alpha value is -0.830. The van der Waals surface area contributed by atoms with Crippen LogP contribution in [0.4, 0.5) is 0 Å². The van der Waals surface area contributed by atoms with Crippen LogP contribution in [0.2, 0.25) is 0 Å². The average molecular weight is 227 g/mol. The van der Waals surface area contributed by atoms with Crippen LogP contribution < -0.4 is 5.73 Å². The van der Waals surface area contributed by atoms with Gasteiger partial charge in [-0.05, 0) is 19.1 Å². The molecule has 0 radical (unpaired) electrons. The van der Waals surface area contributed by atoms with Crippen molar-refractivity contribution >= 4 is 21.8 Å². The number of hydrogen-bond donors (Lipinski definition) is 1. The third-order valence-corrected chi connectivity index (χ3v) is 1.94. The van der Waals surface area contributed by atoms with E-state index in [0.29, 0.717) is 5.84 Å².